The standard InChI is InChI=1S/C18H21N3OS/c1-18(2,9-10-22)12-19-16-13-6-3-4-7-14(13)20-17(21-16)15-8-5-11-23-15/h3-8,11,22H,9-10,12H2,1-2H3,(H,19,20,21). The van der Waals surface area contributed by atoms with Crippen molar-refractivity contribution in [3.63, 3.8) is 0 Å². The third kappa shape index (κ3) is 3.68. The van der Waals surface area contributed by atoms with Gasteiger partial charge in [0.2, 0.25) is 0 Å². The summed E-state index contributed by atoms with van der Waals surface area (Å²) >= 11 is 1.64. The summed E-state index contributed by atoms with van der Waals surface area (Å²) in [6.45, 7) is 5.22. The fourth-order valence-electron chi connectivity index (χ4n) is 2.44. The summed E-state index contributed by atoms with van der Waals surface area (Å²) < 4.78 is 0. The van der Waals surface area contributed by atoms with Gasteiger partial charge < -0.3 is 10.4 Å². The van der Waals surface area contributed by atoms with Gasteiger partial charge in [0.1, 0.15) is 5.82 Å². The average molecular weight is 327 g/mol. The number of aromatic nitrogens is 2. The maximum Gasteiger partial charge on any atom is 0.172 e. The molecule has 0 unspecified atom stereocenters. The van der Waals surface area contributed by atoms with Gasteiger partial charge in [-0.3, -0.25) is 0 Å². The predicted octanol–water partition coefficient (Wildman–Crippen LogP) is 4.18. The van der Waals surface area contributed by atoms with Gasteiger partial charge in [0.25, 0.3) is 0 Å². The van der Waals surface area contributed by atoms with Crippen LogP contribution in [0.5, 0.6) is 0 Å². The first-order valence-corrected chi connectivity index (χ1v) is 8.62. The van der Waals surface area contributed by atoms with Crippen molar-refractivity contribution in [2.75, 3.05) is 18.5 Å². The molecule has 2 heterocycles. The van der Waals surface area contributed by atoms with E-state index in [4.69, 9.17) is 4.98 Å². The van der Waals surface area contributed by atoms with E-state index in [1.165, 1.54) is 0 Å². The summed E-state index contributed by atoms with van der Waals surface area (Å²) in [7, 11) is 0. The van der Waals surface area contributed by atoms with Crippen molar-refractivity contribution >= 4 is 28.1 Å². The van der Waals surface area contributed by atoms with Gasteiger partial charge in [0.05, 0.1) is 10.4 Å². The lowest BCUT2D eigenvalue weighted by Gasteiger charge is -2.24. The highest BCUT2D eigenvalue weighted by molar-refractivity contribution is 7.13. The van der Waals surface area contributed by atoms with E-state index in [2.05, 4.69) is 24.1 Å². The van der Waals surface area contributed by atoms with Crippen LogP contribution in [-0.4, -0.2) is 28.2 Å². The number of thiophene rings is 1. The molecule has 0 aliphatic heterocycles. The number of rotatable bonds is 6. The molecule has 0 fully saturated rings. The zero-order valence-electron chi connectivity index (χ0n) is 13.4. The van der Waals surface area contributed by atoms with Crippen LogP contribution in [0.1, 0.15) is 20.3 Å². The number of aliphatic hydroxyl groups excluding tert-OH is 1. The molecule has 0 atom stereocenters. The molecular formula is C18H21N3OS. The molecule has 0 aliphatic rings. The van der Waals surface area contributed by atoms with Crippen LogP contribution >= 0.6 is 11.3 Å². The number of para-hydroxylation sites is 1. The molecule has 5 heteroatoms. The van der Waals surface area contributed by atoms with Crippen molar-refractivity contribution in [3.05, 3.63) is 41.8 Å². The van der Waals surface area contributed by atoms with Crippen molar-refractivity contribution < 1.29 is 5.11 Å². The first kappa shape index (κ1) is 15.9. The fourth-order valence-corrected chi connectivity index (χ4v) is 3.10. The molecule has 0 bridgehead atoms. The molecule has 0 saturated heterocycles. The van der Waals surface area contributed by atoms with Gasteiger partial charge in [-0.25, -0.2) is 9.97 Å². The molecule has 2 aromatic heterocycles. The second-order valence-corrected chi connectivity index (χ2v) is 7.33. The lowest BCUT2D eigenvalue weighted by molar-refractivity contribution is 0.220. The van der Waals surface area contributed by atoms with Gasteiger partial charge in [0, 0.05) is 18.5 Å². The van der Waals surface area contributed by atoms with Crippen LogP contribution in [0.2, 0.25) is 0 Å². The zero-order chi connectivity index (χ0) is 16.3. The second-order valence-electron chi connectivity index (χ2n) is 6.38. The minimum Gasteiger partial charge on any atom is -0.396 e. The minimum absolute atomic E-state index is 0.00387. The summed E-state index contributed by atoms with van der Waals surface area (Å²) in [5.41, 5.74) is 0.942. The number of hydrogen-bond donors (Lipinski definition) is 2. The maximum absolute atomic E-state index is 9.19. The number of benzene rings is 1. The molecule has 0 spiro atoms. The summed E-state index contributed by atoms with van der Waals surface area (Å²) in [5, 5.41) is 15.7. The molecule has 23 heavy (non-hydrogen) atoms. The Kier molecular flexibility index (Phi) is 4.59. The highest BCUT2D eigenvalue weighted by Gasteiger charge is 2.18. The third-order valence-electron chi connectivity index (χ3n) is 3.87. The lowest BCUT2D eigenvalue weighted by atomic mass is 9.90. The Hall–Kier alpha value is -1.98. The molecule has 120 valence electrons. The number of fused-ring (bicyclic) bond motifs is 1. The molecule has 3 rings (SSSR count). The SMILES string of the molecule is CC(C)(CCO)CNc1nc(-c2cccs2)nc2ccccc12. The molecule has 0 saturated carbocycles. The summed E-state index contributed by atoms with van der Waals surface area (Å²) in [6, 6.07) is 12.1. The first-order valence-electron chi connectivity index (χ1n) is 7.74. The van der Waals surface area contributed by atoms with Gasteiger partial charge in [-0.2, -0.15) is 0 Å². The normalized spacial score (nSPS) is 11.8. The highest BCUT2D eigenvalue weighted by atomic mass is 32.1. The summed E-state index contributed by atoms with van der Waals surface area (Å²) in [5.74, 6) is 1.60. The van der Waals surface area contributed by atoms with Crippen LogP contribution in [0, 0.1) is 5.41 Å². The van der Waals surface area contributed by atoms with Gasteiger partial charge in [-0.15, -0.1) is 11.3 Å². The molecule has 0 amide bonds. The second kappa shape index (κ2) is 6.64. The first-order chi connectivity index (χ1) is 11.1. The highest BCUT2D eigenvalue weighted by Crippen LogP contribution is 2.28. The van der Waals surface area contributed by atoms with E-state index in [9.17, 15) is 5.11 Å². The molecule has 0 aliphatic carbocycles. The number of aliphatic hydroxyl groups is 1. The Morgan fingerprint density at radius 2 is 1.96 bits per heavy atom. The largest absolute Gasteiger partial charge is 0.396 e. The van der Waals surface area contributed by atoms with Crippen LogP contribution in [0.25, 0.3) is 21.6 Å². The molecule has 2 N–H and O–H groups in total. The number of nitrogens with zero attached hydrogens (tertiary/aromatic N) is 2. The van der Waals surface area contributed by atoms with Gasteiger partial charge in [-0.05, 0) is 35.4 Å². The Balaban J connectivity index is 1.97. The van der Waals surface area contributed by atoms with Crippen LogP contribution in [0.15, 0.2) is 41.8 Å². The summed E-state index contributed by atoms with van der Waals surface area (Å²) in [4.78, 5) is 10.5. The Labute approximate surface area is 140 Å². The van der Waals surface area contributed by atoms with Crippen LogP contribution < -0.4 is 5.32 Å². The van der Waals surface area contributed by atoms with Crippen molar-refractivity contribution in [2.24, 2.45) is 5.41 Å². The van der Waals surface area contributed by atoms with Crippen LogP contribution in [0.4, 0.5) is 5.82 Å². The van der Waals surface area contributed by atoms with Crippen molar-refractivity contribution in [1.82, 2.24) is 9.97 Å². The van der Waals surface area contributed by atoms with Gasteiger partial charge in [-0.1, -0.05) is 32.0 Å². The van der Waals surface area contributed by atoms with E-state index in [1.54, 1.807) is 11.3 Å². The fraction of sp³-hybridized carbons (Fsp3) is 0.333. The van der Waals surface area contributed by atoms with Crippen molar-refractivity contribution in [2.45, 2.75) is 20.3 Å². The predicted molar refractivity (Wildman–Crippen MR) is 96.8 cm³/mol. The van der Waals surface area contributed by atoms with Crippen LogP contribution in [-0.2, 0) is 0 Å². The maximum atomic E-state index is 9.19. The monoisotopic (exact) mass is 327 g/mol. The summed E-state index contributed by atoms with van der Waals surface area (Å²) in [6.07, 6.45) is 0.751. The van der Waals surface area contributed by atoms with Crippen molar-refractivity contribution in [1.29, 1.82) is 0 Å². The molecule has 3 aromatic rings. The zero-order valence-corrected chi connectivity index (χ0v) is 14.2. The van der Waals surface area contributed by atoms with Crippen molar-refractivity contribution in [3.8, 4) is 10.7 Å². The van der Waals surface area contributed by atoms with Gasteiger partial charge >= 0.3 is 0 Å². The topological polar surface area (TPSA) is 58.0 Å². The molecule has 1 aromatic carbocycles. The van der Waals surface area contributed by atoms with E-state index in [-0.39, 0.29) is 12.0 Å². The lowest BCUT2D eigenvalue weighted by Crippen LogP contribution is -2.24. The van der Waals surface area contributed by atoms with Gasteiger partial charge in [0.15, 0.2) is 5.82 Å². The Morgan fingerprint density at radius 3 is 2.70 bits per heavy atom. The number of nitrogens with one attached hydrogen (secondary N) is 1. The van der Waals surface area contributed by atoms with Crippen LogP contribution in [0.3, 0.4) is 0 Å². The van der Waals surface area contributed by atoms with E-state index in [1.807, 2.05) is 41.8 Å². The van der Waals surface area contributed by atoms with E-state index in [0.717, 1.165) is 40.4 Å². The average Bonchev–Trinajstić information content (AvgIpc) is 3.07. The van der Waals surface area contributed by atoms with E-state index in [0.29, 0.717) is 0 Å². The number of anilines is 1. The quantitative estimate of drug-likeness (QED) is 0.713. The molecule has 4 nitrogen and oxygen atoms in total. The Bertz CT molecular complexity index is 784. The smallest absolute Gasteiger partial charge is 0.172 e. The minimum atomic E-state index is 0.00387. The third-order valence-corrected chi connectivity index (χ3v) is 4.73. The Morgan fingerprint density at radius 1 is 1.13 bits per heavy atom. The van der Waals surface area contributed by atoms with E-state index < -0.39 is 0 Å². The van der Waals surface area contributed by atoms with E-state index >= 15 is 0 Å². The molecule has 0 radical (unpaired) electrons. The number of hydrogen-bond acceptors (Lipinski definition) is 5. The molecular weight excluding hydrogens is 306 g/mol.